The highest BCUT2D eigenvalue weighted by atomic mass is 32.2. The second-order valence-electron chi connectivity index (χ2n) is 5.17. The largest absolute Gasteiger partial charge is 0.323 e. The maximum Gasteiger partial charge on any atom is 0.196 e. The zero-order chi connectivity index (χ0) is 13.9. The van der Waals surface area contributed by atoms with Crippen LogP contribution in [-0.2, 0) is 13.0 Å². The molecule has 20 heavy (non-hydrogen) atoms. The number of hydrogen-bond donors (Lipinski definition) is 1. The Morgan fingerprint density at radius 2 is 2.15 bits per heavy atom. The van der Waals surface area contributed by atoms with E-state index in [9.17, 15) is 0 Å². The van der Waals surface area contributed by atoms with E-state index in [2.05, 4.69) is 25.8 Å². The molecule has 106 valence electrons. The summed E-state index contributed by atoms with van der Waals surface area (Å²) >= 11 is 1.62. The lowest BCUT2D eigenvalue weighted by molar-refractivity contribution is 0.591. The van der Waals surface area contributed by atoms with Crippen molar-refractivity contribution < 1.29 is 0 Å². The van der Waals surface area contributed by atoms with E-state index in [0.29, 0.717) is 0 Å². The van der Waals surface area contributed by atoms with Gasteiger partial charge in [-0.2, -0.15) is 0 Å². The van der Waals surface area contributed by atoms with E-state index in [1.165, 1.54) is 19.3 Å². The summed E-state index contributed by atoms with van der Waals surface area (Å²) in [6.45, 7) is 2.96. The molecule has 0 spiro atoms. The molecule has 0 fully saturated rings. The van der Waals surface area contributed by atoms with E-state index in [1.54, 1.807) is 11.8 Å². The van der Waals surface area contributed by atoms with Crippen LogP contribution in [0.1, 0.15) is 43.7 Å². The lowest BCUT2D eigenvalue weighted by atomic mass is 10.2. The molecule has 2 aromatic rings. The van der Waals surface area contributed by atoms with Crippen molar-refractivity contribution >= 4 is 11.8 Å². The zero-order valence-corrected chi connectivity index (χ0v) is 12.4. The van der Waals surface area contributed by atoms with Gasteiger partial charge in [0.2, 0.25) is 0 Å². The van der Waals surface area contributed by atoms with E-state index in [-0.39, 0.29) is 6.04 Å². The number of fused-ring (bicyclic) bond motifs is 1. The number of aromatic nitrogens is 4. The minimum absolute atomic E-state index is 0.0292. The molecule has 0 saturated carbocycles. The molecule has 2 N–H and O–H groups in total. The maximum atomic E-state index is 5.81. The fraction of sp³-hybridized carbons (Fsp3) is 0.500. The number of hydrogen-bond acceptors (Lipinski definition) is 5. The van der Waals surface area contributed by atoms with Gasteiger partial charge >= 0.3 is 0 Å². The summed E-state index contributed by atoms with van der Waals surface area (Å²) in [5.74, 6) is 1.12. The molecule has 0 bridgehead atoms. The van der Waals surface area contributed by atoms with Crippen LogP contribution in [0.2, 0.25) is 0 Å². The molecular weight excluding hydrogens is 270 g/mol. The Balaban J connectivity index is 1.79. The predicted octanol–water partition coefficient (Wildman–Crippen LogP) is 2.57. The maximum absolute atomic E-state index is 5.81. The Kier molecular flexibility index (Phi) is 4.03. The second-order valence-corrected chi connectivity index (χ2v) is 6.21. The summed E-state index contributed by atoms with van der Waals surface area (Å²) in [4.78, 5) is 5.46. The summed E-state index contributed by atoms with van der Waals surface area (Å²) in [7, 11) is 0. The number of nitrogens with zero attached hydrogens (tertiary/aromatic N) is 4. The molecule has 6 heteroatoms. The Hall–Kier alpha value is -1.40. The highest BCUT2D eigenvalue weighted by Gasteiger charge is 2.15. The molecular formula is C14H19N5S. The number of pyridine rings is 1. The molecule has 3 heterocycles. The van der Waals surface area contributed by atoms with Crippen LogP contribution in [-0.4, -0.2) is 19.7 Å². The smallest absolute Gasteiger partial charge is 0.196 e. The molecule has 1 atom stereocenters. The predicted molar refractivity (Wildman–Crippen MR) is 78.5 cm³/mol. The fourth-order valence-electron chi connectivity index (χ4n) is 2.36. The third kappa shape index (κ3) is 2.86. The first-order valence-electron chi connectivity index (χ1n) is 7.05. The van der Waals surface area contributed by atoms with Gasteiger partial charge in [-0.3, -0.25) is 4.98 Å². The van der Waals surface area contributed by atoms with Gasteiger partial charge in [-0.25, -0.2) is 0 Å². The molecule has 1 unspecified atom stereocenters. The van der Waals surface area contributed by atoms with Gasteiger partial charge in [0.15, 0.2) is 5.16 Å². The standard InChI is InChI=1S/C14H19N5S/c1-10(15)12-7-6-11(9-16-12)20-14-18-17-13-5-3-2-4-8-19(13)14/h6-7,9-10H,2-5,8,15H2,1H3. The van der Waals surface area contributed by atoms with Crippen LogP contribution < -0.4 is 5.73 Å². The van der Waals surface area contributed by atoms with Gasteiger partial charge < -0.3 is 10.3 Å². The molecule has 0 saturated heterocycles. The normalized spacial score (nSPS) is 16.5. The highest BCUT2D eigenvalue weighted by molar-refractivity contribution is 7.99. The van der Waals surface area contributed by atoms with E-state index >= 15 is 0 Å². The van der Waals surface area contributed by atoms with E-state index in [1.807, 2.05) is 19.2 Å². The van der Waals surface area contributed by atoms with Gasteiger partial charge in [0.05, 0.1) is 5.69 Å². The fourth-order valence-corrected chi connectivity index (χ4v) is 3.20. The first-order valence-corrected chi connectivity index (χ1v) is 7.87. The summed E-state index contributed by atoms with van der Waals surface area (Å²) in [5.41, 5.74) is 6.72. The minimum atomic E-state index is -0.0292. The summed E-state index contributed by atoms with van der Waals surface area (Å²) in [6.07, 6.45) is 6.60. The number of aryl methyl sites for hydroxylation is 1. The monoisotopic (exact) mass is 289 g/mol. The molecule has 5 nitrogen and oxygen atoms in total. The first-order chi connectivity index (χ1) is 9.74. The molecule has 2 aromatic heterocycles. The van der Waals surface area contributed by atoms with E-state index in [0.717, 1.165) is 34.5 Å². The molecule has 0 aromatic carbocycles. The highest BCUT2D eigenvalue weighted by Crippen LogP contribution is 2.28. The van der Waals surface area contributed by atoms with Crippen molar-refractivity contribution in [3.63, 3.8) is 0 Å². The average Bonchev–Trinajstić information content (AvgIpc) is 2.69. The molecule has 0 radical (unpaired) electrons. The van der Waals surface area contributed by atoms with Crippen molar-refractivity contribution in [1.29, 1.82) is 0 Å². The lowest BCUT2D eigenvalue weighted by Gasteiger charge is -2.07. The van der Waals surface area contributed by atoms with Gasteiger partial charge in [0, 0.05) is 30.1 Å². The third-order valence-corrected chi connectivity index (χ3v) is 4.47. The Morgan fingerprint density at radius 1 is 1.25 bits per heavy atom. The third-order valence-electron chi connectivity index (χ3n) is 3.51. The van der Waals surface area contributed by atoms with Gasteiger partial charge in [-0.1, -0.05) is 6.42 Å². The Bertz CT molecular complexity index is 576. The topological polar surface area (TPSA) is 69.6 Å². The summed E-state index contributed by atoms with van der Waals surface area (Å²) < 4.78 is 2.25. The van der Waals surface area contributed by atoms with Gasteiger partial charge in [-0.05, 0) is 43.7 Å². The van der Waals surface area contributed by atoms with Gasteiger partial charge in [0.25, 0.3) is 0 Å². The number of nitrogens with two attached hydrogens (primary N) is 1. The van der Waals surface area contributed by atoms with Crippen molar-refractivity contribution in [2.24, 2.45) is 5.73 Å². The SMILES string of the molecule is CC(N)c1ccc(Sc2nnc3n2CCCCC3)cn1. The Morgan fingerprint density at radius 3 is 2.90 bits per heavy atom. The molecule has 1 aliphatic heterocycles. The molecule has 3 rings (SSSR count). The van der Waals surface area contributed by atoms with Gasteiger partial charge in [-0.15, -0.1) is 10.2 Å². The van der Waals surface area contributed by atoms with Crippen LogP contribution in [0.4, 0.5) is 0 Å². The van der Waals surface area contributed by atoms with Crippen LogP contribution in [0.3, 0.4) is 0 Å². The van der Waals surface area contributed by atoms with Crippen LogP contribution in [0.15, 0.2) is 28.4 Å². The minimum Gasteiger partial charge on any atom is -0.323 e. The quantitative estimate of drug-likeness (QED) is 0.940. The molecule has 0 amide bonds. The van der Waals surface area contributed by atoms with Crippen LogP contribution in [0, 0.1) is 0 Å². The second kappa shape index (κ2) is 5.93. The first kappa shape index (κ1) is 13.6. The van der Waals surface area contributed by atoms with Crippen molar-refractivity contribution in [2.45, 2.75) is 55.2 Å². The molecule has 0 aliphatic carbocycles. The van der Waals surface area contributed by atoms with Crippen LogP contribution >= 0.6 is 11.8 Å². The van der Waals surface area contributed by atoms with Crippen molar-refractivity contribution in [3.05, 3.63) is 29.8 Å². The van der Waals surface area contributed by atoms with Crippen LogP contribution in [0.5, 0.6) is 0 Å². The van der Waals surface area contributed by atoms with E-state index < -0.39 is 0 Å². The summed E-state index contributed by atoms with van der Waals surface area (Å²) in [6, 6.07) is 4.00. The Labute approximate surface area is 123 Å². The zero-order valence-electron chi connectivity index (χ0n) is 11.6. The van der Waals surface area contributed by atoms with Crippen LogP contribution in [0.25, 0.3) is 0 Å². The number of rotatable bonds is 3. The van der Waals surface area contributed by atoms with Crippen molar-refractivity contribution in [3.8, 4) is 0 Å². The van der Waals surface area contributed by atoms with E-state index in [4.69, 9.17) is 5.73 Å². The van der Waals surface area contributed by atoms with Crippen molar-refractivity contribution in [1.82, 2.24) is 19.7 Å². The lowest BCUT2D eigenvalue weighted by Crippen LogP contribution is -2.06. The molecule has 1 aliphatic rings. The van der Waals surface area contributed by atoms with Crippen molar-refractivity contribution in [2.75, 3.05) is 0 Å². The average molecular weight is 289 g/mol. The van der Waals surface area contributed by atoms with Gasteiger partial charge in [0.1, 0.15) is 5.82 Å². The summed E-state index contributed by atoms with van der Waals surface area (Å²) in [5, 5.41) is 9.60.